The first-order chi connectivity index (χ1) is 15.9. The molecule has 4 atom stereocenters. The molecule has 0 radical (unpaired) electrons. The van der Waals surface area contributed by atoms with E-state index >= 15 is 0 Å². The van der Waals surface area contributed by atoms with Crippen molar-refractivity contribution in [2.24, 2.45) is 11.8 Å². The van der Waals surface area contributed by atoms with Crippen molar-refractivity contribution in [3.63, 3.8) is 0 Å². The maximum Gasteiger partial charge on any atom is 0.303 e. The Labute approximate surface area is 193 Å². The normalized spacial score (nSPS) is 23.5. The minimum Gasteiger partial charge on any atom is -0.484 e. The molecule has 2 fully saturated rings. The number of allylic oxidation sites excluding steroid dienone is 2. The Morgan fingerprint density at radius 2 is 1.85 bits per heavy atom. The number of hydrogen-bond donors (Lipinski definition) is 3. The Kier molecular flexibility index (Phi) is 9.26. The quantitative estimate of drug-likeness (QED) is 0.179. The Morgan fingerprint density at radius 1 is 1.12 bits per heavy atom. The summed E-state index contributed by atoms with van der Waals surface area (Å²) < 4.78 is 11.3. The summed E-state index contributed by atoms with van der Waals surface area (Å²) in [6, 6.07) is 8.75. The van der Waals surface area contributed by atoms with Gasteiger partial charge in [0.05, 0.1) is 12.2 Å². The van der Waals surface area contributed by atoms with Crippen LogP contribution in [0.2, 0.25) is 0 Å². The lowest BCUT2D eigenvalue weighted by atomic mass is 9.77. The number of para-hydroxylation sites is 1. The largest absolute Gasteiger partial charge is 0.484 e. The van der Waals surface area contributed by atoms with E-state index in [1.807, 2.05) is 12.1 Å². The van der Waals surface area contributed by atoms with Gasteiger partial charge < -0.3 is 19.9 Å². The Morgan fingerprint density at radius 3 is 2.58 bits per heavy atom. The molecular weight excluding hydrogens is 428 g/mol. The smallest absolute Gasteiger partial charge is 0.303 e. The highest BCUT2D eigenvalue weighted by Gasteiger charge is 2.48. The van der Waals surface area contributed by atoms with Gasteiger partial charge in [-0.1, -0.05) is 30.4 Å². The van der Waals surface area contributed by atoms with E-state index in [0.29, 0.717) is 23.8 Å². The number of unbranched alkanes of at least 4 members (excludes halogenated alkanes) is 1. The van der Waals surface area contributed by atoms with Crippen LogP contribution in [0.25, 0.3) is 0 Å². The highest BCUT2D eigenvalue weighted by atomic mass is 16.5. The number of carbonyl (C=O) groups excluding carboxylic acids is 2. The fourth-order valence-electron chi connectivity index (χ4n) is 4.47. The minimum absolute atomic E-state index is 0.104. The third kappa shape index (κ3) is 7.57. The Bertz CT molecular complexity index is 829. The van der Waals surface area contributed by atoms with Crippen molar-refractivity contribution in [2.45, 2.75) is 50.7 Å². The molecule has 9 nitrogen and oxygen atoms in total. The lowest BCUT2D eigenvalue weighted by Gasteiger charge is -2.27. The minimum atomic E-state index is -0.785. The van der Waals surface area contributed by atoms with Crippen LogP contribution in [-0.2, 0) is 19.1 Å². The number of fused-ring (bicyclic) bond motifs is 2. The van der Waals surface area contributed by atoms with E-state index in [0.717, 1.165) is 25.7 Å². The molecule has 0 aromatic heterocycles. The van der Waals surface area contributed by atoms with E-state index in [2.05, 4.69) is 11.4 Å². The van der Waals surface area contributed by atoms with Gasteiger partial charge in [0.25, 0.3) is 5.91 Å². The molecule has 2 heterocycles. The van der Waals surface area contributed by atoms with Gasteiger partial charge in [-0.25, -0.2) is 5.06 Å². The molecule has 1 aromatic carbocycles. The number of benzene rings is 1. The second-order valence-corrected chi connectivity index (χ2v) is 8.47. The van der Waals surface area contributed by atoms with Gasteiger partial charge in [0, 0.05) is 18.9 Å². The third-order valence-corrected chi connectivity index (χ3v) is 6.15. The van der Waals surface area contributed by atoms with E-state index in [-0.39, 0.29) is 37.1 Å². The van der Waals surface area contributed by atoms with Gasteiger partial charge >= 0.3 is 5.97 Å². The third-order valence-electron chi connectivity index (χ3n) is 6.15. The summed E-state index contributed by atoms with van der Waals surface area (Å²) in [7, 11) is 0. The van der Waals surface area contributed by atoms with Gasteiger partial charge in [-0.2, -0.15) is 0 Å². The van der Waals surface area contributed by atoms with Crippen LogP contribution in [0.1, 0.15) is 38.5 Å². The van der Waals surface area contributed by atoms with Gasteiger partial charge in [-0.15, -0.1) is 0 Å². The average Bonchev–Trinajstić information content (AvgIpc) is 3.40. The fraction of sp³-hybridized carbons (Fsp3) is 0.542. The Balaban J connectivity index is 1.39. The van der Waals surface area contributed by atoms with Gasteiger partial charge in [-0.05, 0) is 50.2 Å². The number of rotatable bonds is 13. The summed E-state index contributed by atoms with van der Waals surface area (Å²) in [5.74, 6) is -0.986. The molecule has 2 saturated heterocycles. The van der Waals surface area contributed by atoms with Crippen molar-refractivity contribution in [2.75, 3.05) is 19.7 Å². The number of hydrogen-bond acceptors (Lipinski definition) is 6. The summed E-state index contributed by atoms with van der Waals surface area (Å²) in [4.78, 5) is 34.9. The lowest BCUT2D eigenvalue weighted by molar-refractivity contribution is -0.170. The topological polar surface area (TPSA) is 125 Å². The number of carbonyl (C=O) groups is 3. The van der Waals surface area contributed by atoms with Crippen LogP contribution in [-0.4, -0.2) is 65.1 Å². The molecule has 0 saturated carbocycles. The van der Waals surface area contributed by atoms with Crippen molar-refractivity contribution < 1.29 is 34.2 Å². The second kappa shape index (κ2) is 12.4. The molecule has 2 amide bonds. The molecule has 9 heteroatoms. The predicted molar refractivity (Wildman–Crippen MR) is 119 cm³/mol. The molecule has 180 valence electrons. The van der Waals surface area contributed by atoms with Crippen LogP contribution in [0, 0.1) is 11.8 Å². The number of aliphatic carboxylic acids is 1. The van der Waals surface area contributed by atoms with Gasteiger partial charge in [0.15, 0.2) is 6.61 Å². The molecule has 0 unspecified atom stereocenters. The molecule has 33 heavy (non-hydrogen) atoms. The zero-order valence-electron chi connectivity index (χ0n) is 18.6. The lowest BCUT2D eigenvalue weighted by Crippen LogP contribution is -2.44. The first-order valence-corrected chi connectivity index (χ1v) is 11.4. The van der Waals surface area contributed by atoms with Crippen LogP contribution < -0.4 is 10.1 Å². The highest BCUT2D eigenvalue weighted by molar-refractivity contribution is 5.84. The fourth-order valence-corrected chi connectivity index (χ4v) is 4.47. The highest BCUT2D eigenvalue weighted by Crippen LogP contribution is 2.44. The molecule has 3 N–H and O–H groups in total. The maximum absolute atomic E-state index is 12.3. The van der Waals surface area contributed by atoms with Crippen molar-refractivity contribution >= 4 is 17.8 Å². The van der Waals surface area contributed by atoms with E-state index in [9.17, 15) is 19.6 Å². The summed E-state index contributed by atoms with van der Waals surface area (Å²) in [5, 5.41) is 21.8. The monoisotopic (exact) mass is 460 g/mol. The summed E-state index contributed by atoms with van der Waals surface area (Å²) >= 11 is 0. The molecular formula is C24H32N2O7. The van der Waals surface area contributed by atoms with Crippen molar-refractivity contribution in [1.82, 2.24) is 10.4 Å². The molecule has 0 spiro atoms. The van der Waals surface area contributed by atoms with E-state index in [1.54, 1.807) is 24.3 Å². The van der Waals surface area contributed by atoms with Crippen molar-refractivity contribution in [3.8, 4) is 5.75 Å². The van der Waals surface area contributed by atoms with Crippen LogP contribution in [0.5, 0.6) is 5.75 Å². The average molecular weight is 461 g/mol. The van der Waals surface area contributed by atoms with Gasteiger partial charge in [0.2, 0.25) is 5.91 Å². The first-order valence-electron chi connectivity index (χ1n) is 11.4. The van der Waals surface area contributed by atoms with Crippen molar-refractivity contribution in [3.05, 3.63) is 42.5 Å². The molecule has 2 bridgehead atoms. The molecule has 1 aromatic rings. The van der Waals surface area contributed by atoms with E-state index in [4.69, 9.17) is 14.6 Å². The SMILES string of the molecule is O=C(O)CCCC=CC[C@H]1[C@@H](CNC(=O)CN(O)C(=O)COc2ccccc2)[C@H]2CC[C@@H]1O2. The zero-order valence-corrected chi connectivity index (χ0v) is 18.6. The van der Waals surface area contributed by atoms with E-state index in [1.165, 1.54) is 0 Å². The summed E-state index contributed by atoms with van der Waals surface area (Å²) in [5.41, 5.74) is 0. The van der Waals surface area contributed by atoms with Gasteiger partial charge in [-0.3, -0.25) is 19.6 Å². The summed E-state index contributed by atoms with van der Waals surface area (Å²) in [6.45, 7) is -0.415. The molecule has 2 aliphatic heterocycles. The number of hydroxylamine groups is 2. The van der Waals surface area contributed by atoms with Gasteiger partial charge in [0.1, 0.15) is 12.3 Å². The standard InChI is InChI=1S/C24H32N2O7/c27-22(15-26(31)23(28)16-32-17-8-4-3-5-9-17)25-14-19-18(20-12-13-21(19)33-20)10-6-1-2-7-11-24(29)30/h1,3-6,8-9,18-21,31H,2,7,10-16H2,(H,25,27)(H,29,30)/t18-,19+,20-,21+/m0/s1. The number of amides is 2. The van der Waals surface area contributed by atoms with Crippen LogP contribution >= 0.6 is 0 Å². The summed E-state index contributed by atoms with van der Waals surface area (Å²) in [6.07, 6.45) is 8.66. The first kappa shape index (κ1) is 24.7. The van der Waals surface area contributed by atoms with Crippen LogP contribution in [0.4, 0.5) is 0 Å². The second-order valence-electron chi connectivity index (χ2n) is 8.47. The number of nitrogens with one attached hydrogen (secondary N) is 1. The molecule has 0 aliphatic carbocycles. The van der Waals surface area contributed by atoms with Crippen molar-refractivity contribution in [1.29, 1.82) is 0 Å². The van der Waals surface area contributed by atoms with Crippen LogP contribution in [0.15, 0.2) is 42.5 Å². The van der Waals surface area contributed by atoms with Crippen LogP contribution in [0.3, 0.4) is 0 Å². The number of ether oxygens (including phenoxy) is 2. The maximum atomic E-state index is 12.3. The number of carboxylic acids is 1. The number of nitrogens with zero attached hydrogens (tertiary/aromatic N) is 1. The van der Waals surface area contributed by atoms with E-state index < -0.39 is 24.3 Å². The zero-order chi connectivity index (χ0) is 23.6. The molecule has 3 rings (SSSR count). The Hall–Kier alpha value is -2.91. The molecule has 2 aliphatic rings. The predicted octanol–water partition coefficient (Wildman–Crippen LogP) is 2.39. The number of carboxylic acid groups (broad SMARTS) is 1.